The SMILES string of the molecule is C[C@@]1(CO)Cc2cc(NC(=O)c3cnn4cccnc34)c(N3CCC4(CC3)CNC4=O)cc2O1.C[C@]1(CO)Cc2cc(NC(=O)c3cnn4cccnc34)c(N3CCC4(CC3)CNC4=O)cc2O1. The number of aromatic nitrogens is 6. The monoisotopic (exact) mass is 924 g/mol. The highest BCUT2D eigenvalue weighted by Gasteiger charge is 2.49. The molecule has 20 heteroatoms. The minimum absolute atomic E-state index is 0.103. The summed E-state index contributed by atoms with van der Waals surface area (Å²) in [5.41, 5.74) is 4.70. The normalized spacial score (nSPS) is 22.8. The number of fused-ring (bicyclic) bond motifs is 4. The summed E-state index contributed by atoms with van der Waals surface area (Å²) in [7, 11) is 0. The first-order valence-electron chi connectivity index (χ1n) is 23.0. The van der Waals surface area contributed by atoms with E-state index in [4.69, 9.17) is 9.47 Å². The zero-order valence-electron chi connectivity index (χ0n) is 37.7. The maximum absolute atomic E-state index is 13.3. The largest absolute Gasteiger partial charge is 0.484 e. The Bertz CT molecular complexity index is 2830. The lowest BCUT2D eigenvalue weighted by atomic mass is 9.72. The van der Waals surface area contributed by atoms with Crippen LogP contribution in [0.15, 0.2) is 73.6 Å². The lowest BCUT2D eigenvalue weighted by molar-refractivity contribution is -0.142. The number of piperidine rings is 2. The quantitative estimate of drug-likeness (QED) is 0.120. The maximum atomic E-state index is 13.3. The Balaban J connectivity index is 0.000000149. The summed E-state index contributed by atoms with van der Waals surface area (Å²) in [5.74, 6) is 1.10. The molecule has 10 heterocycles. The van der Waals surface area contributed by atoms with E-state index in [0.29, 0.717) is 84.3 Å². The van der Waals surface area contributed by atoms with E-state index in [2.05, 4.69) is 51.2 Å². The molecule has 6 N–H and O–H groups in total. The molecule has 12 rings (SSSR count). The predicted octanol–water partition coefficient (Wildman–Crippen LogP) is 2.77. The Morgan fingerprint density at radius 3 is 1.43 bits per heavy atom. The van der Waals surface area contributed by atoms with E-state index in [1.807, 2.05) is 38.1 Å². The minimum Gasteiger partial charge on any atom is -0.484 e. The molecule has 4 saturated heterocycles. The molecule has 0 bridgehead atoms. The topological polar surface area (TPSA) is 242 Å². The van der Waals surface area contributed by atoms with Gasteiger partial charge in [-0.1, -0.05) is 0 Å². The van der Waals surface area contributed by atoms with Crippen LogP contribution in [0.1, 0.15) is 71.4 Å². The van der Waals surface area contributed by atoms with Gasteiger partial charge in [0.25, 0.3) is 11.8 Å². The first-order valence-corrected chi connectivity index (χ1v) is 23.0. The van der Waals surface area contributed by atoms with Crippen LogP contribution < -0.4 is 40.5 Å². The summed E-state index contributed by atoms with van der Waals surface area (Å²) >= 11 is 0. The van der Waals surface area contributed by atoms with Gasteiger partial charge in [-0.2, -0.15) is 10.2 Å². The van der Waals surface area contributed by atoms with Crippen molar-refractivity contribution in [2.75, 3.05) is 72.9 Å². The van der Waals surface area contributed by atoms with Crippen molar-refractivity contribution < 1.29 is 38.9 Å². The van der Waals surface area contributed by atoms with Gasteiger partial charge in [0.15, 0.2) is 11.3 Å². The van der Waals surface area contributed by atoms with Crippen LogP contribution >= 0.6 is 0 Å². The lowest BCUT2D eigenvalue weighted by Gasteiger charge is -2.47. The number of anilines is 4. The van der Waals surface area contributed by atoms with Crippen LogP contribution in [-0.2, 0) is 22.4 Å². The van der Waals surface area contributed by atoms with Crippen LogP contribution in [0.25, 0.3) is 11.3 Å². The van der Waals surface area contributed by atoms with Crippen LogP contribution in [0.4, 0.5) is 22.7 Å². The second-order valence-corrected chi connectivity index (χ2v) is 19.4. The van der Waals surface area contributed by atoms with Gasteiger partial charge in [0.1, 0.15) is 33.8 Å². The van der Waals surface area contributed by atoms with Crippen molar-refractivity contribution in [3.8, 4) is 11.5 Å². The number of β-lactam (4-membered cyclic amide) rings is 2. The van der Waals surface area contributed by atoms with E-state index in [1.165, 1.54) is 12.4 Å². The van der Waals surface area contributed by atoms with Gasteiger partial charge in [-0.3, -0.25) is 19.2 Å². The average Bonchev–Trinajstić information content (AvgIpc) is 4.15. The number of nitrogens with one attached hydrogen (secondary N) is 4. The molecule has 4 fully saturated rings. The Hall–Kier alpha value is -7.32. The number of hydrogen-bond donors (Lipinski definition) is 6. The van der Waals surface area contributed by atoms with Gasteiger partial charge < -0.3 is 50.8 Å². The van der Waals surface area contributed by atoms with Crippen molar-refractivity contribution in [3.05, 3.63) is 95.8 Å². The second-order valence-electron chi connectivity index (χ2n) is 19.4. The Kier molecular flexibility index (Phi) is 10.3. The predicted molar refractivity (Wildman–Crippen MR) is 248 cm³/mol. The van der Waals surface area contributed by atoms with Gasteiger partial charge in [0.05, 0.1) is 59.2 Å². The number of amides is 4. The van der Waals surface area contributed by atoms with E-state index < -0.39 is 11.2 Å². The molecule has 0 aliphatic carbocycles. The number of aliphatic hydroxyl groups is 2. The summed E-state index contributed by atoms with van der Waals surface area (Å²) in [6.07, 6.45) is 13.9. The van der Waals surface area contributed by atoms with E-state index in [1.54, 1.807) is 46.0 Å². The van der Waals surface area contributed by atoms with Crippen LogP contribution in [-0.4, -0.2) is 127 Å². The number of nitrogens with zero attached hydrogens (tertiary/aromatic N) is 8. The molecule has 0 saturated carbocycles. The highest BCUT2D eigenvalue weighted by molar-refractivity contribution is 6.10. The first-order chi connectivity index (χ1) is 32.8. The molecule has 0 radical (unpaired) electrons. The van der Waals surface area contributed by atoms with Gasteiger partial charge in [-0.15, -0.1) is 0 Å². The van der Waals surface area contributed by atoms with E-state index >= 15 is 0 Å². The zero-order chi connectivity index (χ0) is 47.0. The Morgan fingerprint density at radius 1 is 0.662 bits per heavy atom. The van der Waals surface area contributed by atoms with Crippen LogP contribution in [0.2, 0.25) is 0 Å². The highest BCUT2D eigenvalue weighted by atomic mass is 16.5. The number of ether oxygens (including phenoxy) is 2. The van der Waals surface area contributed by atoms with Crippen LogP contribution in [0.5, 0.6) is 11.5 Å². The molecule has 2 spiro atoms. The smallest absolute Gasteiger partial charge is 0.261 e. The molecule has 2 aromatic carbocycles. The third-order valence-corrected chi connectivity index (χ3v) is 14.7. The van der Waals surface area contributed by atoms with E-state index in [0.717, 1.165) is 61.3 Å². The van der Waals surface area contributed by atoms with Crippen LogP contribution in [0, 0.1) is 10.8 Å². The summed E-state index contributed by atoms with van der Waals surface area (Å²) in [4.78, 5) is 63.7. The third-order valence-electron chi connectivity index (χ3n) is 14.7. The molecule has 2 atom stereocenters. The number of carbonyl (C=O) groups excluding carboxylic acids is 4. The first kappa shape index (κ1) is 43.3. The highest BCUT2D eigenvalue weighted by Crippen LogP contribution is 2.46. The van der Waals surface area contributed by atoms with Gasteiger partial charge in [-0.25, -0.2) is 19.0 Å². The molecule has 4 aromatic heterocycles. The molecule has 68 heavy (non-hydrogen) atoms. The fraction of sp³-hybridized carbons (Fsp3) is 0.417. The fourth-order valence-corrected chi connectivity index (χ4v) is 10.3. The standard InChI is InChI=1S/2C24H26N6O4/c2*1-23(14-31)11-15-9-17(28-21(32)16-12-27-30-6-2-5-25-20(16)30)18(10-19(15)34-23)29-7-3-24(4-8-29)13-26-22(24)33/h2*2,5-6,9-10,12,31H,3-4,7-8,11,13-14H2,1H3,(H,26,33)(H,28,32)/t2*23-/m10/s1. The Labute approximate surface area is 390 Å². The molecule has 6 aliphatic rings. The number of carbonyl (C=O) groups is 4. The summed E-state index contributed by atoms with van der Waals surface area (Å²) in [5, 5.41) is 39.9. The van der Waals surface area contributed by atoms with E-state index in [-0.39, 0.29) is 47.7 Å². The second kappa shape index (κ2) is 16.2. The van der Waals surface area contributed by atoms with Gasteiger partial charge in [0, 0.05) is 100 Å². The van der Waals surface area contributed by atoms with Crippen LogP contribution in [0.3, 0.4) is 0 Å². The average molecular weight is 925 g/mol. The van der Waals surface area contributed by atoms with Gasteiger partial charge in [-0.05, 0) is 63.8 Å². The van der Waals surface area contributed by atoms with Crippen molar-refractivity contribution >= 4 is 57.7 Å². The summed E-state index contributed by atoms with van der Waals surface area (Å²) < 4.78 is 15.3. The molecule has 352 valence electrons. The Morgan fingerprint density at radius 2 is 1.07 bits per heavy atom. The van der Waals surface area contributed by atoms with Gasteiger partial charge >= 0.3 is 0 Å². The third kappa shape index (κ3) is 7.38. The zero-order valence-corrected chi connectivity index (χ0v) is 37.7. The van der Waals surface area contributed by atoms with Crippen molar-refractivity contribution in [1.82, 2.24) is 39.8 Å². The lowest BCUT2D eigenvalue weighted by Crippen LogP contribution is -2.62. The summed E-state index contributed by atoms with van der Waals surface area (Å²) in [6, 6.07) is 11.3. The molecule has 20 nitrogen and oxygen atoms in total. The van der Waals surface area contributed by atoms with E-state index in [9.17, 15) is 29.4 Å². The minimum atomic E-state index is -0.690. The number of aliphatic hydroxyl groups excluding tert-OH is 2. The number of rotatable bonds is 8. The molecule has 0 unspecified atom stereocenters. The van der Waals surface area contributed by atoms with Crippen molar-refractivity contribution in [2.24, 2.45) is 10.8 Å². The van der Waals surface area contributed by atoms with Crippen molar-refractivity contribution in [1.29, 1.82) is 0 Å². The fourth-order valence-electron chi connectivity index (χ4n) is 10.3. The van der Waals surface area contributed by atoms with Crippen molar-refractivity contribution in [2.45, 2.75) is 63.6 Å². The van der Waals surface area contributed by atoms with Crippen molar-refractivity contribution in [3.63, 3.8) is 0 Å². The molecule has 4 amide bonds. The molecular formula is C48H52N12O8. The molecule has 6 aromatic rings. The number of benzene rings is 2. The molecular weight excluding hydrogens is 873 g/mol. The molecule has 6 aliphatic heterocycles. The maximum Gasteiger partial charge on any atom is 0.261 e. The van der Waals surface area contributed by atoms with Gasteiger partial charge in [0.2, 0.25) is 11.8 Å². The summed E-state index contributed by atoms with van der Waals surface area (Å²) in [6.45, 7) is 7.79. The number of hydrogen-bond acceptors (Lipinski definition) is 14.